The lowest BCUT2D eigenvalue weighted by atomic mass is 9.91. The van der Waals surface area contributed by atoms with Crippen LogP contribution in [-0.2, 0) is 7.05 Å². The van der Waals surface area contributed by atoms with Gasteiger partial charge in [0.2, 0.25) is 5.13 Å². The van der Waals surface area contributed by atoms with Gasteiger partial charge in [0.1, 0.15) is 16.9 Å². The Balaban J connectivity index is 1.38. The highest BCUT2D eigenvalue weighted by molar-refractivity contribution is 7.15. The van der Waals surface area contributed by atoms with Crippen LogP contribution in [0.3, 0.4) is 0 Å². The summed E-state index contributed by atoms with van der Waals surface area (Å²) in [5.74, 6) is 1.72. The van der Waals surface area contributed by atoms with Gasteiger partial charge in [0, 0.05) is 38.4 Å². The van der Waals surface area contributed by atoms with Crippen molar-refractivity contribution in [1.82, 2.24) is 19.7 Å². The van der Waals surface area contributed by atoms with Crippen LogP contribution < -0.4 is 4.90 Å². The minimum atomic E-state index is -0.474. The van der Waals surface area contributed by atoms with Crippen molar-refractivity contribution in [3.05, 3.63) is 23.2 Å². The first-order valence-electron chi connectivity index (χ1n) is 7.96. The largest absolute Gasteiger partial charge is 0.385 e. The van der Waals surface area contributed by atoms with Crippen LogP contribution in [0.5, 0.6) is 0 Å². The average Bonchev–Trinajstić information content (AvgIpc) is 3.12. The minimum absolute atomic E-state index is 0.271. The van der Waals surface area contributed by atoms with Crippen molar-refractivity contribution in [2.45, 2.75) is 37.7 Å². The van der Waals surface area contributed by atoms with Crippen LogP contribution in [0.25, 0.3) is 0 Å². The summed E-state index contributed by atoms with van der Waals surface area (Å²) in [5.41, 5.74) is 0. The molecule has 1 aliphatic heterocycles. The van der Waals surface area contributed by atoms with Gasteiger partial charge < -0.3 is 14.6 Å². The maximum Gasteiger partial charge on any atom is 0.208 e. The van der Waals surface area contributed by atoms with Crippen molar-refractivity contribution >= 4 is 16.5 Å². The van der Waals surface area contributed by atoms with E-state index < -0.39 is 6.10 Å². The molecule has 1 saturated carbocycles. The number of aryl methyl sites for hydroxylation is 1. The predicted molar refractivity (Wildman–Crippen MR) is 85.0 cm³/mol. The van der Waals surface area contributed by atoms with Gasteiger partial charge in [-0.3, -0.25) is 0 Å². The second-order valence-corrected chi connectivity index (χ2v) is 7.35. The molecule has 0 amide bonds. The molecular weight excluding hydrogens is 298 g/mol. The van der Waals surface area contributed by atoms with E-state index in [1.54, 1.807) is 17.5 Å². The molecule has 3 heterocycles. The highest BCUT2D eigenvalue weighted by Crippen LogP contribution is 2.43. The molecule has 7 heteroatoms. The SMILES string of the molecule is Cn1ccnc1C(O)C1CCN(c2nnc(C3CC3)s2)CC1. The van der Waals surface area contributed by atoms with Crippen molar-refractivity contribution in [2.75, 3.05) is 18.0 Å². The molecule has 1 saturated heterocycles. The summed E-state index contributed by atoms with van der Waals surface area (Å²) in [4.78, 5) is 6.59. The second kappa shape index (κ2) is 5.62. The molecule has 118 valence electrons. The van der Waals surface area contributed by atoms with Crippen LogP contribution in [0.4, 0.5) is 5.13 Å². The minimum Gasteiger partial charge on any atom is -0.385 e. The number of rotatable bonds is 4. The second-order valence-electron chi connectivity index (χ2n) is 6.36. The van der Waals surface area contributed by atoms with Crippen molar-refractivity contribution in [1.29, 1.82) is 0 Å². The van der Waals surface area contributed by atoms with Crippen LogP contribution in [0, 0.1) is 5.92 Å². The zero-order valence-electron chi connectivity index (χ0n) is 12.7. The van der Waals surface area contributed by atoms with E-state index in [1.165, 1.54) is 17.8 Å². The number of piperidine rings is 1. The molecule has 0 bridgehead atoms. The Morgan fingerprint density at radius 1 is 1.23 bits per heavy atom. The van der Waals surface area contributed by atoms with Gasteiger partial charge in [0.25, 0.3) is 0 Å². The molecule has 4 rings (SSSR count). The average molecular weight is 319 g/mol. The molecule has 0 spiro atoms. The quantitative estimate of drug-likeness (QED) is 0.935. The van der Waals surface area contributed by atoms with Gasteiger partial charge in [-0.25, -0.2) is 4.98 Å². The lowest BCUT2D eigenvalue weighted by Crippen LogP contribution is -2.36. The third-order valence-corrected chi connectivity index (χ3v) is 5.88. The summed E-state index contributed by atoms with van der Waals surface area (Å²) in [6.07, 6.45) is 7.62. The number of aliphatic hydroxyl groups excluding tert-OH is 1. The van der Waals surface area contributed by atoms with Crippen molar-refractivity contribution in [3.63, 3.8) is 0 Å². The molecule has 1 N–H and O–H groups in total. The van der Waals surface area contributed by atoms with Gasteiger partial charge in [0.05, 0.1) is 0 Å². The van der Waals surface area contributed by atoms with Crippen molar-refractivity contribution < 1.29 is 5.11 Å². The molecule has 22 heavy (non-hydrogen) atoms. The third-order valence-electron chi connectivity index (χ3n) is 4.74. The highest BCUT2D eigenvalue weighted by atomic mass is 32.1. The predicted octanol–water partition coefficient (Wildman–Crippen LogP) is 2.10. The van der Waals surface area contributed by atoms with Gasteiger partial charge in [0.15, 0.2) is 0 Å². The van der Waals surface area contributed by atoms with E-state index in [0.717, 1.165) is 36.9 Å². The first-order valence-corrected chi connectivity index (χ1v) is 8.77. The zero-order chi connectivity index (χ0) is 15.1. The monoisotopic (exact) mass is 319 g/mol. The smallest absolute Gasteiger partial charge is 0.208 e. The zero-order valence-corrected chi connectivity index (χ0v) is 13.5. The number of anilines is 1. The number of hydrogen-bond acceptors (Lipinski definition) is 6. The van der Waals surface area contributed by atoms with E-state index in [4.69, 9.17) is 0 Å². The van der Waals surface area contributed by atoms with E-state index in [1.807, 2.05) is 17.8 Å². The van der Waals surface area contributed by atoms with Crippen LogP contribution in [0.15, 0.2) is 12.4 Å². The molecule has 0 radical (unpaired) electrons. The van der Waals surface area contributed by atoms with Crippen LogP contribution >= 0.6 is 11.3 Å². The summed E-state index contributed by atoms with van der Waals surface area (Å²) in [6.45, 7) is 1.87. The van der Waals surface area contributed by atoms with Gasteiger partial charge in [-0.1, -0.05) is 11.3 Å². The summed E-state index contributed by atoms with van der Waals surface area (Å²) < 4.78 is 1.91. The van der Waals surface area contributed by atoms with E-state index in [2.05, 4.69) is 20.1 Å². The fraction of sp³-hybridized carbons (Fsp3) is 0.667. The number of aromatic nitrogens is 4. The van der Waals surface area contributed by atoms with Crippen LogP contribution in [0.1, 0.15) is 48.5 Å². The van der Waals surface area contributed by atoms with Crippen molar-refractivity contribution in [2.24, 2.45) is 13.0 Å². The number of nitrogens with zero attached hydrogens (tertiary/aromatic N) is 5. The normalized spacial score (nSPS) is 21.3. The summed E-state index contributed by atoms with van der Waals surface area (Å²) in [6, 6.07) is 0. The molecule has 1 aliphatic carbocycles. The molecule has 2 aliphatic rings. The topological polar surface area (TPSA) is 67.1 Å². The fourth-order valence-electron chi connectivity index (χ4n) is 3.13. The molecular formula is C15H21N5OS. The summed E-state index contributed by atoms with van der Waals surface area (Å²) in [5, 5.41) is 21.5. The van der Waals surface area contributed by atoms with E-state index in [9.17, 15) is 5.11 Å². The maximum atomic E-state index is 10.5. The molecule has 0 aromatic carbocycles. The number of hydrogen-bond donors (Lipinski definition) is 1. The molecule has 2 aromatic rings. The molecule has 6 nitrogen and oxygen atoms in total. The summed E-state index contributed by atoms with van der Waals surface area (Å²) >= 11 is 1.74. The molecule has 2 fully saturated rings. The Bertz CT molecular complexity index is 642. The van der Waals surface area contributed by atoms with Gasteiger partial charge >= 0.3 is 0 Å². The van der Waals surface area contributed by atoms with Gasteiger partial charge in [-0.15, -0.1) is 10.2 Å². The highest BCUT2D eigenvalue weighted by Gasteiger charge is 2.31. The van der Waals surface area contributed by atoms with E-state index >= 15 is 0 Å². The van der Waals surface area contributed by atoms with Gasteiger partial charge in [-0.05, 0) is 31.6 Å². The van der Waals surface area contributed by atoms with E-state index in [0.29, 0.717) is 5.92 Å². The number of imidazole rings is 1. The Morgan fingerprint density at radius 3 is 2.64 bits per heavy atom. The van der Waals surface area contributed by atoms with Crippen molar-refractivity contribution in [3.8, 4) is 0 Å². The molecule has 2 aromatic heterocycles. The Morgan fingerprint density at radius 2 is 2.00 bits per heavy atom. The standard InChI is InChI=1S/C15H21N5OS/c1-19-9-6-16-13(19)12(21)10-4-7-20(8-5-10)15-18-17-14(22-15)11-2-3-11/h6,9-12,21H,2-5,7-8H2,1H3. The van der Waals surface area contributed by atoms with Crippen LogP contribution in [-0.4, -0.2) is 37.9 Å². The molecule has 1 unspecified atom stereocenters. The first-order chi connectivity index (χ1) is 10.7. The summed E-state index contributed by atoms with van der Waals surface area (Å²) in [7, 11) is 1.93. The molecule has 1 atom stereocenters. The Hall–Kier alpha value is -1.47. The number of aliphatic hydroxyl groups is 1. The first kappa shape index (κ1) is 14.1. The fourth-order valence-corrected chi connectivity index (χ4v) is 4.19. The lowest BCUT2D eigenvalue weighted by Gasteiger charge is -2.33. The van der Waals surface area contributed by atoms with Crippen LogP contribution in [0.2, 0.25) is 0 Å². The van der Waals surface area contributed by atoms with E-state index in [-0.39, 0.29) is 5.92 Å². The Kier molecular flexibility index (Phi) is 3.62. The third kappa shape index (κ3) is 2.63. The Labute approximate surface area is 133 Å². The lowest BCUT2D eigenvalue weighted by molar-refractivity contribution is 0.0825. The maximum absolute atomic E-state index is 10.5. The van der Waals surface area contributed by atoms with Gasteiger partial charge in [-0.2, -0.15) is 0 Å².